The number of benzene rings is 7. The molecule has 3 aromatic heterocycles. The lowest BCUT2D eigenvalue weighted by atomic mass is 10.0. The number of nitrogens with zero attached hydrogens (tertiary/aromatic N) is 4. The van der Waals surface area contributed by atoms with Gasteiger partial charge in [-0.2, -0.15) is 26.3 Å². The van der Waals surface area contributed by atoms with Crippen molar-refractivity contribution in [2.45, 2.75) is 12.4 Å². The van der Waals surface area contributed by atoms with E-state index < -0.39 is 23.5 Å². The van der Waals surface area contributed by atoms with Crippen LogP contribution in [-0.4, -0.2) is 19.1 Å². The average Bonchev–Trinajstić information content (AvgIpc) is 3.75. The summed E-state index contributed by atoms with van der Waals surface area (Å²) in [6, 6.07) is 49.7. The molecule has 3 heterocycles. The van der Waals surface area contributed by atoms with E-state index in [4.69, 9.17) is 9.97 Å². The maximum Gasteiger partial charge on any atom is 0.416 e. The summed E-state index contributed by atoms with van der Waals surface area (Å²) in [5, 5.41) is 4.04. The van der Waals surface area contributed by atoms with Crippen molar-refractivity contribution in [2.24, 2.45) is 0 Å². The lowest BCUT2D eigenvalue weighted by Gasteiger charge is -2.13. The van der Waals surface area contributed by atoms with Gasteiger partial charge in [-0.1, -0.05) is 97.1 Å². The summed E-state index contributed by atoms with van der Waals surface area (Å²) >= 11 is 0. The fourth-order valence-corrected chi connectivity index (χ4v) is 7.86. The van der Waals surface area contributed by atoms with Gasteiger partial charge in [0.2, 0.25) is 5.95 Å². The third-order valence-electron chi connectivity index (χ3n) is 10.6. The van der Waals surface area contributed by atoms with E-state index in [0.29, 0.717) is 22.5 Å². The van der Waals surface area contributed by atoms with Gasteiger partial charge in [0.25, 0.3) is 0 Å². The zero-order valence-electron chi connectivity index (χ0n) is 30.2. The van der Waals surface area contributed by atoms with Gasteiger partial charge in [0.1, 0.15) is 0 Å². The molecule has 0 spiro atoms. The number of halogens is 6. The zero-order chi connectivity index (χ0) is 39.8. The van der Waals surface area contributed by atoms with Crippen molar-refractivity contribution < 1.29 is 26.3 Å². The predicted octanol–water partition coefficient (Wildman–Crippen LogP) is 13.7. The van der Waals surface area contributed by atoms with Gasteiger partial charge in [0.15, 0.2) is 0 Å². The Morgan fingerprint density at radius 1 is 0.345 bits per heavy atom. The van der Waals surface area contributed by atoms with Crippen LogP contribution >= 0.6 is 0 Å². The first kappa shape index (κ1) is 35.2. The number of alkyl halides is 6. The second-order valence-corrected chi connectivity index (χ2v) is 14.1. The number of rotatable bonds is 5. The van der Waals surface area contributed by atoms with E-state index in [1.807, 2.05) is 59.2 Å². The van der Waals surface area contributed by atoms with Crippen LogP contribution in [0.4, 0.5) is 26.3 Å². The normalized spacial score (nSPS) is 12.3. The molecular weight excluding hydrogens is 747 g/mol. The molecule has 0 unspecified atom stereocenters. The van der Waals surface area contributed by atoms with E-state index in [1.54, 1.807) is 6.07 Å². The number of hydrogen-bond acceptors (Lipinski definition) is 2. The van der Waals surface area contributed by atoms with Crippen LogP contribution in [0.25, 0.3) is 88.9 Å². The Kier molecular flexibility index (Phi) is 8.02. The van der Waals surface area contributed by atoms with Crippen LogP contribution in [0, 0.1) is 0 Å². The van der Waals surface area contributed by atoms with E-state index in [9.17, 15) is 26.3 Å². The molecule has 0 bridgehead atoms. The van der Waals surface area contributed by atoms with Gasteiger partial charge < -0.3 is 4.57 Å². The molecule has 0 saturated carbocycles. The SMILES string of the molecule is FC(F)(F)c1ccc(-c2cc(-c3ccc(C(F)(F)F)cc3)nc(-n3c4ccccc4c4ccc(-c5ccc6c(c5)c5ccccc5n6-c5ccccc5)cc43)n2)cc1. The highest BCUT2D eigenvalue weighted by molar-refractivity contribution is 6.12. The van der Waals surface area contributed by atoms with Crippen molar-refractivity contribution in [3.63, 3.8) is 0 Å². The van der Waals surface area contributed by atoms with Crippen LogP contribution in [0.2, 0.25) is 0 Å². The Morgan fingerprint density at radius 2 is 0.793 bits per heavy atom. The Labute approximate surface area is 326 Å². The maximum atomic E-state index is 13.5. The molecule has 10 aromatic rings. The lowest BCUT2D eigenvalue weighted by molar-refractivity contribution is -0.138. The number of aromatic nitrogens is 4. The molecule has 0 atom stereocenters. The lowest BCUT2D eigenvalue weighted by Crippen LogP contribution is -2.06. The highest BCUT2D eigenvalue weighted by Gasteiger charge is 2.31. The third-order valence-corrected chi connectivity index (χ3v) is 10.6. The molecular formula is C48H28F6N4. The summed E-state index contributed by atoms with van der Waals surface area (Å²) in [6.07, 6.45) is -9.07. The fraction of sp³-hybridized carbons (Fsp3) is 0.0417. The van der Waals surface area contributed by atoms with Crippen LogP contribution in [0.5, 0.6) is 0 Å². The van der Waals surface area contributed by atoms with Crippen LogP contribution in [-0.2, 0) is 12.4 Å². The summed E-state index contributed by atoms with van der Waals surface area (Å²) in [6.45, 7) is 0. The summed E-state index contributed by atoms with van der Waals surface area (Å²) in [5.41, 5.74) is 6.41. The van der Waals surface area contributed by atoms with Crippen LogP contribution < -0.4 is 0 Å². The first-order chi connectivity index (χ1) is 28.0. The van der Waals surface area contributed by atoms with Gasteiger partial charge >= 0.3 is 12.4 Å². The van der Waals surface area contributed by atoms with Gasteiger partial charge in [-0.15, -0.1) is 0 Å². The Hall–Kier alpha value is -7.20. The smallest absolute Gasteiger partial charge is 0.309 e. The molecule has 0 N–H and O–H groups in total. The summed E-state index contributed by atoms with van der Waals surface area (Å²) in [5.74, 6) is 0.206. The van der Waals surface area contributed by atoms with Crippen molar-refractivity contribution in [1.82, 2.24) is 19.1 Å². The predicted molar refractivity (Wildman–Crippen MR) is 217 cm³/mol. The third kappa shape index (κ3) is 5.96. The van der Waals surface area contributed by atoms with E-state index >= 15 is 0 Å². The molecule has 10 rings (SSSR count). The summed E-state index contributed by atoms with van der Waals surface area (Å²) in [4.78, 5) is 9.83. The quantitative estimate of drug-likeness (QED) is 0.163. The molecule has 7 aromatic carbocycles. The molecule has 282 valence electrons. The van der Waals surface area contributed by atoms with Crippen molar-refractivity contribution >= 4 is 43.6 Å². The van der Waals surface area contributed by atoms with Gasteiger partial charge in [-0.05, 0) is 83.9 Å². The minimum absolute atomic E-state index is 0.206. The van der Waals surface area contributed by atoms with E-state index in [0.717, 1.165) is 84.7 Å². The second-order valence-electron chi connectivity index (χ2n) is 14.1. The molecule has 58 heavy (non-hydrogen) atoms. The molecule has 0 fully saturated rings. The second kappa shape index (κ2) is 13.2. The average molecular weight is 775 g/mol. The van der Waals surface area contributed by atoms with Gasteiger partial charge in [-0.3, -0.25) is 4.57 Å². The number of para-hydroxylation sites is 3. The van der Waals surface area contributed by atoms with Gasteiger partial charge in [-0.25, -0.2) is 9.97 Å². The minimum atomic E-state index is -4.54. The fourth-order valence-electron chi connectivity index (χ4n) is 7.86. The minimum Gasteiger partial charge on any atom is -0.309 e. The van der Waals surface area contributed by atoms with Crippen LogP contribution in [0.1, 0.15) is 11.1 Å². The van der Waals surface area contributed by atoms with Crippen molar-refractivity contribution in [2.75, 3.05) is 0 Å². The largest absolute Gasteiger partial charge is 0.416 e. The molecule has 0 aliphatic rings. The van der Waals surface area contributed by atoms with Crippen molar-refractivity contribution in [3.05, 3.63) is 181 Å². The molecule has 0 aliphatic heterocycles. The Bertz CT molecular complexity index is 3100. The standard InChI is InChI=1S/C48H28F6N4/c49-47(50,51)33-20-14-29(15-21-33)40-28-41(30-16-22-34(23-17-30)48(52,53)54)56-46(55-40)58-43-13-7-4-10-36(43)38-24-18-32(27-45(38)58)31-19-25-44-39(26-31)37-11-5-6-12-42(37)57(44)35-8-2-1-3-9-35/h1-28H. The number of fused-ring (bicyclic) bond motifs is 6. The molecule has 0 amide bonds. The maximum absolute atomic E-state index is 13.5. The molecule has 0 radical (unpaired) electrons. The highest BCUT2D eigenvalue weighted by Crippen LogP contribution is 2.39. The zero-order valence-corrected chi connectivity index (χ0v) is 30.2. The summed E-state index contributed by atoms with van der Waals surface area (Å²) in [7, 11) is 0. The van der Waals surface area contributed by atoms with E-state index in [2.05, 4.69) is 65.2 Å². The van der Waals surface area contributed by atoms with Crippen molar-refractivity contribution in [1.29, 1.82) is 0 Å². The molecule has 0 aliphatic carbocycles. The molecule has 10 heteroatoms. The summed E-state index contributed by atoms with van der Waals surface area (Å²) < 4.78 is 85.4. The van der Waals surface area contributed by atoms with Gasteiger partial charge in [0, 0.05) is 38.4 Å². The number of hydrogen-bond donors (Lipinski definition) is 0. The van der Waals surface area contributed by atoms with Crippen molar-refractivity contribution in [3.8, 4) is 45.3 Å². The van der Waals surface area contributed by atoms with E-state index in [1.165, 1.54) is 24.3 Å². The monoisotopic (exact) mass is 774 g/mol. The van der Waals surface area contributed by atoms with Crippen LogP contribution in [0.3, 0.4) is 0 Å². The molecule has 0 saturated heterocycles. The Balaban J connectivity index is 1.18. The van der Waals surface area contributed by atoms with Gasteiger partial charge in [0.05, 0.1) is 44.6 Å². The molecule has 4 nitrogen and oxygen atoms in total. The first-order valence-corrected chi connectivity index (χ1v) is 18.4. The first-order valence-electron chi connectivity index (χ1n) is 18.4. The topological polar surface area (TPSA) is 35.6 Å². The highest BCUT2D eigenvalue weighted by atomic mass is 19.4. The van der Waals surface area contributed by atoms with E-state index in [-0.39, 0.29) is 5.95 Å². The Morgan fingerprint density at radius 3 is 1.38 bits per heavy atom. The van der Waals surface area contributed by atoms with Crippen LogP contribution in [0.15, 0.2) is 170 Å².